The van der Waals surface area contributed by atoms with E-state index in [1.807, 2.05) is 6.92 Å². The van der Waals surface area contributed by atoms with Crippen molar-refractivity contribution in [2.45, 2.75) is 44.6 Å². The van der Waals surface area contributed by atoms with Crippen LogP contribution >= 0.6 is 0 Å². The molecule has 1 fully saturated rings. The standard InChI is InChI=1S/C14H20N4O/c1-14(10-15,11-6-4-3-5-7-11)16-13(19)12-8-9-18(2)17-12/h8-9,11H,3-7H2,1-2H3,(H,16,19). The molecule has 1 aliphatic carbocycles. The highest BCUT2D eigenvalue weighted by molar-refractivity contribution is 5.92. The topological polar surface area (TPSA) is 70.7 Å². The van der Waals surface area contributed by atoms with Crippen LogP contribution in [0.1, 0.15) is 49.5 Å². The molecule has 1 saturated carbocycles. The number of rotatable bonds is 3. The molecule has 19 heavy (non-hydrogen) atoms. The molecule has 1 aromatic rings. The molecule has 1 aromatic heterocycles. The van der Waals surface area contributed by atoms with Crippen molar-refractivity contribution in [2.24, 2.45) is 13.0 Å². The molecule has 1 unspecified atom stereocenters. The van der Waals surface area contributed by atoms with Crippen molar-refractivity contribution in [3.8, 4) is 6.07 Å². The summed E-state index contributed by atoms with van der Waals surface area (Å²) in [4.78, 5) is 12.1. The molecular formula is C14H20N4O. The molecule has 1 heterocycles. The van der Waals surface area contributed by atoms with E-state index in [0.29, 0.717) is 5.69 Å². The molecule has 0 bridgehead atoms. The molecule has 0 radical (unpaired) electrons. The molecule has 0 saturated heterocycles. The monoisotopic (exact) mass is 260 g/mol. The minimum atomic E-state index is -0.797. The number of nitrogens with one attached hydrogen (secondary N) is 1. The van der Waals surface area contributed by atoms with Gasteiger partial charge in [-0.1, -0.05) is 19.3 Å². The first-order valence-electron chi connectivity index (χ1n) is 6.78. The van der Waals surface area contributed by atoms with Gasteiger partial charge >= 0.3 is 0 Å². The van der Waals surface area contributed by atoms with Crippen LogP contribution in [0.4, 0.5) is 0 Å². The van der Waals surface area contributed by atoms with Crippen LogP contribution in [-0.2, 0) is 7.05 Å². The number of carbonyl (C=O) groups is 1. The van der Waals surface area contributed by atoms with Crippen LogP contribution in [0.5, 0.6) is 0 Å². The van der Waals surface area contributed by atoms with Crippen molar-refractivity contribution in [2.75, 3.05) is 0 Å². The van der Waals surface area contributed by atoms with E-state index >= 15 is 0 Å². The zero-order valence-electron chi connectivity index (χ0n) is 11.5. The summed E-state index contributed by atoms with van der Waals surface area (Å²) in [5, 5.41) is 16.4. The van der Waals surface area contributed by atoms with Crippen molar-refractivity contribution in [1.29, 1.82) is 5.26 Å². The lowest BCUT2D eigenvalue weighted by atomic mass is 9.76. The van der Waals surface area contributed by atoms with Gasteiger partial charge in [0.05, 0.1) is 6.07 Å². The zero-order chi connectivity index (χ0) is 13.9. The number of aryl methyl sites for hydroxylation is 1. The maximum Gasteiger partial charge on any atom is 0.273 e. The Morgan fingerprint density at radius 2 is 2.21 bits per heavy atom. The van der Waals surface area contributed by atoms with E-state index in [9.17, 15) is 10.1 Å². The van der Waals surface area contributed by atoms with Gasteiger partial charge < -0.3 is 5.32 Å². The fourth-order valence-corrected chi connectivity index (χ4v) is 2.74. The van der Waals surface area contributed by atoms with Gasteiger partial charge in [0.15, 0.2) is 0 Å². The molecule has 5 nitrogen and oxygen atoms in total. The summed E-state index contributed by atoms with van der Waals surface area (Å²) in [5.41, 5.74) is -0.436. The number of aromatic nitrogens is 2. The number of carbonyl (C=O) groups excluding carboxylic acids is 1. The molecule has 1 N–H and O–H groups in total. The zero-order valence-corrected chi connectivity index (χ0v) is 11.5. The quantitative estimate of drug-likeness (QED) is 0.903. The molecule has 1 aliphatic rings. The molecule has 5 heteroatoms. The average molecular weight is 260 g/mol. The summed E-state index contributed by atoms with van der Waals surface area (Å²) >= 11 is 0. The highest BCUT2D eigenvalue weighted by Gasteiger charge is 2.37. The fourth-order valence-electron chi connectivity index (χ4n) is 2.74. The van der Waals surface area contributed by atoms with Crippen molar-refractivity contribution in [1.82, 2.24) is 15.1 Å². The second-order valence-corrected chi connectivity index (χ2v) is 5.48. The largest absolute Gasteiger partial charge is 0.332 e. The SMILES string of the molecule is Cn1ccc(C(=O)NC(C)(C#N)C2CCCCC2)n1. The van der Waals surface area contributed by atoms with E-state index < -0.39 is 5.54 Å². The van der Waals surface area contributed by atoms with Crippen molar-refractivity contribution >= 4 is 5.91 Å². The highest BCUT2D eigenvalue weighted by Crippen LogP contribution is 2.32. The van der Waals surface area contributed by atoms with Crippen molar-refractivity contribution in [3.05, 3.63) is 18.0 Å². The Morgan fingerprint density at radius 3 is 2.74 bits per heavy atom. The Hall–Kier alpha value is -1.83. The Bertz CT molecular complexity index is 496. The number of nitrogens with zero attached hydrogens (tertiary/aromatic N) is 3. The van der Waals surface area contributed by atoms with Gasteiger partial charge in [-0.3, -0.25) is 9.48 Å². The summed E-state index contributed by atoms with van der Waals surface area (Å²) in [6.45, 7) is 1.82. The van der Waals surface area contributed by atoms with Gasteiger partial charge in [0.2, 0.25) is 0 Å². The number of nitriles is 1. The molecule has 0 aliphatic heterocycles. The Labute approximate surface area is 113 Å². The van der Waals surface area contributed by atoms with E-state index in [1.165, 1.54) is 6.42 Å². The Balaban J connectivity index is 2.09. The normalized spacial score (nSPS) is 19.4. The second-order valence-electron chi connectivity index (χ2n) is 5.48. The third-order valence-electron chi connectivity index (χ3n) is 3.97. The van der Waals surface area contributed by atoms with E-state index in [4.69, 9.17) is 0 Å². The first kappa shape index (κ1) is 13.6. The first-order valence-corrected chi connectivity index (χ1v) is 6.78. The fraction of sp³-hybridized carbons (Fsp3) is 0.643. The summed E-state index contributed by atoms with van der Waals surface area (Å²) < 4.78 is 1.58. The van der Waals surface area contributed by atoms with Crippen LogP contribution in [0.2, 0.25) is 0 Å². The van der Waals surface area contributed by atoms with E-state index in [1.54, 1.807) is 24.0 Å². The van der Waals surface area contributed by atoms with Gasteiger partial charge in [-0.25, -0.2) is 0 Å². The molecule has 1 amide bonds. The lowest BCUT2D eigenvalue weighted by Gasteiger charge is -2.34. The predicted octanol–water partition coefficient (Wildman–Crippen LogP) is 2.01. The van der Waals surface area contributed by atoms with E-state index in [0.717, 1.165) is 25.7 Å². The maximum absolute atomic E-state index is 12.1. The van der Waals surface area contributed by atoms with Crippen molar-refractivity contribution in [3.63, 3.8) is 0 Å². The van der Waals surface area contributed by atoms with E-state index in [2.05, 4.69) is 16.5 Å². The second kappa shape index (κ2) is 5.43. The lowest BCUT2D eigenvalue weighted by molar-refractivity contribution is 0.0880. The molecule has 0 spiro atoms. The molecular weight excluding hydrogens is 240 g/mol. The Morgan fingerprint density at radius 1 is 1.53 bits per heavy atom. The smallest absolute Gasteiger partial charge is 0.273 e. The van der Waals surface area contributed by atoms with Gasteiger partial charge in [-0.15, -0.1) is 0 Å². The lowest BCUT2D eigenvalue weighted by Crippen LogP contribution is -2.51. The Kier molecular flexibility index (Phi) is 3.89. The minimum absolute atomic E-state index is 0.235. The molecule has 102 valence electrons. The predicted molar refractivity (Wildman–Crippen MR) is 71.3 cm³/mol. The van der Waals surface area contributed by atoms with Crippen LogP contribution in [0.25, 0.3) is 0 Å². The molecule has 1 atom stereocenters. The number of hydrogen-bond donors (Lipinski definition) is 1. The summed E-state index contributed by atoms with van der Waals surface area (Å²) in [5.74, 6) is -0.0332. The first-order chi connectivity index (χ1) is 9.05. The van der Waals surface area contributed by atoms with Gasteiger partial charge in [-0.05, 0) is 31.7 Å². The average Bonchev–Trinajstić information content (AvgIpc) is 2.86. The van der Waals surface area contributed by atoms with Gasteiger partial charge in [0.1, 0.15) is 11.2 Å². The van der Waals surface area contributed by atoms with Crippen LogP contribution in [0.3, 0.4) is 0 Å². The van der Waals surface area contributed by atoms with Gasteiger partial charge in [0.25, 0.3) is 5.91 Å². The minimum Gasteiger partial charge on any atom is -0.332 e. The summed E-state index contributed by atoms with van der Waals surface area (Å²) in [7, 11) is 1.77. The van der Waals surface area contributed by atoms with Crippen LogP contribution in [0.15, 0.2) is 12.3 Å². The van der Waals surface area contributed by atoms with Gasteiger partial charge in [0, 0.05) is 13.2 Å². The number of hydrogen-bond acceptors (Lipinski definition) is 3. The third-order valence-corrected chi connectivity index (χ3v) is 3.97. The van der Waals surface area contributed by atoms with Crippen LogP contribution in [0, 0.1) is 17.2 Å². The highest BCUT2D eigenvalue weighted by atomic mass is 16.2. The summed E-state index contributed by atoms with van der Waals surface area (Å²) in [6.07, 6.45) is 7.24. The van der Waals surface area contributed by atoms with Crippen LogP contribution < -0.4 is 5.32 Å². The molecule has 2 rings (SSSR count). The maximum atomic E-state index is 12.1. The molecule has 0 aromatic carbocycles. The van der Waals surface area contributed by atoms with Crippen LogP contribution in [-0.4, -0.2) is 21.2 Å². The summed E-state index contributed by atoms with van der Waals surface area (Å²) in [6, 6.07) is 3.95. The number of amides is 1. The third kappa shape index (κ3) is 2.95. The van der Waals surface area contributed by atoms with Crippen molar-refractivity contribution < 1.29 is 4.79 Å². The van der Waals surface area contributed by atoms with E-state index in [-0.39, 0.29) is 11.8 Å². The van der Waals surface area contributed by atoms with Gasteiger partial charge in [-0.2, -0.15) is 10.4 Å².